The summed E-state index contributed by atoms with van der Waals surface area (Å²) in [7, 11) is 0. The van der Waals surface area contributed by atoms with Gasteiger partial charge in [0.2, 0.25) is 0 Å². The first-order chi connectivity index (χ1) is 11.1. The van der Waals surface area contributed by atoms with Gasteiger partial charge in [0.15, 0.2) is 23.3 Å². The molecule has 0 unspecified atom stereocenters. The van der Waals surface area contributed by atoms with Crippen molar-refractivity contribution in [3.8, 4) is 0 Å². The van der Waals surface area contributed by atoms with Crippen LogP contribution in [0.15, 0.2) is 0 Å². The van der Waals surface area contributed by atoms with E-state index in [1.807, 2.05) is 41.5 Å². The van der Waals surface area contributed by atoms with E-state index in [1.54, 1.807) is 0 Å². The van der Waals surface area contributed by atoms with Crippen LogP contribution in [0.25, 0.3) is 0 Å². The zero-order chi connectivity index (χ0) is 18.7. The van der Waals surface area contributed by atoms with Crippen LogP contribution in [0.5, 0.6) is 0 Å². The van der Waals surface area contributed by atoms with Crippen LogP contribution in [0.4, 0.5) is 17.6 Å². The Kier molecular flexibility index (Phi) is 6.89. The van der Waals surface area contributed by atoms with E-state index in [-0.39, 0.29) is 23.7 Å². The molecule has 0 aliphatic rings. The van der Waals surface area contributed by atoms with E-state index in [9.17, 15) is 17.6 Å². The standard InChI is InChI=1S/C20H30F4/c1-7-19(5,8-2)11-13-15(21)17(23)14(18(24)16(13)22)12-20(6,9-3)10-4/h7-12H2,1-6H3. The van der Waals surface area contributed by atoms with Crippen molar-refractivity contribution >= 4 is 0 Å². The molecule has 0 saturated heterocycles. The molecule has 0 radical (unpaired) electrons. The molecule has 24 heavy (non-hydrogen) atoms. The Morgan fingerprint density at radius 1 is 0.542 bits per heavy atom. The molecule has 0 aliphatic heterocycles. The van der Waals surface area contributed by atoms with Crippen molar-refractivity contribution in [3.63, 3.8) is 0 Å². The monoisotopic (exact) mass is 346 g/mol. The fourth-order valence-electron chi connectivity index (χ4n) is 2.89. The Morgan fingerprint density at radius 3 is 0.917 bits per heavy atom. The quantitative estimate of drug-likeness (QED) is 0.352. The van der Waals surface area contributed by atoms with Crippen LogP contribution in [0.2, 0.25) is 0 Å². The van der Waals surface area contributed by atoms with Crippen LogP contribution in [-0.4, -0.2) is 0 Å². The van der Waals surface area contributed by atoms with E-state index in [0.717, 1.165) is 0 Å². The molecule has 0 aromatic heterocycles. The van der Waals surface area contributed by atoms with E-state index in [4.69, 9.17) is 0 Å². The number of halogens is 4. The van der Waals surface area contributed by atoms with E-state index in [1.165, 1.54) is 0 Å². The normalized spacial score (nSPS) is 12.8. The molecule has 0 fully saturated rings. The largest absolute Gasteiger partial charge is 0.203 e. The molecule has 0 spiro atoms. The minimum absolute atomic E-state index is 0.00932. The van der Waals surface area contributed by atoms with Gasteiger partial charge in [0.05, 0.1) is 0 Å². The van der Waals surface area contributed by atoms with E-state index >= 15 is 0 Å². The van der Waals surface area contributed by atoms with Crippen molar-refractivity contribution in [2.24, 2.45) is 10.8 Å². The van der Waals surface area contributed by atoms with Crippen LogP contribution >= 0.6 is 0 Å². The van der Waals surface area contributed by atoms with Crippen molar-refractivity contribution < 1.29 is 17.6 Å². The van der Waals surface area contributed by atoms with E-state index in [0.29, 0.717) is 25.7 Å². The van der Waals surface area contributed by atoms with Crippen LogP contribution in [0.3, 0.4) is 0 Å². The summed E-state index contributed by atoms with van der Waals surface area (Å²) in [5.41, 5.74) is -1.70. The summed E-state index contributed by atoms with van der Waals surface area (Å²) in [6.45, 7) is 11.4. The van der Waals surface area contributed by atoms with Crippen molar-refractivity contribution in [3.05, 3.63) is 34.4 Å². The molecular formula is C20H30F4. The summed E-state index contributed by atoms with van der Waals surface area (Å²) < 4.78 is 58.0. The summed E-state index contributed by atoms with van der Waals surface area (Å²) in [5.74, 6) is -4.92. The molecule has 1 aromatic carbocycles. The lowest BCUT2D eigenvalue weighted by atomic mass is 9.76. The Hall–Kier alpha value is -1.06. The average molecular weight is 346 g/mol. The lowest BCUT2D eigenvalue weighted by Gasteiger charge is -2.29. The minimum Gasteiger partial charge on any atom is -0.203 e. The van der Waals surface area contributed by atoms with Gasteiger partial charge in [-0.05, 0) is 23.7 Å². The maximum Gasteiger partial charge on any atom is 0.165 e. The lowest BCUT2D eigenvalue weighted by Crippen LogP contribution is -2.23. The maximum atomic E-state index is 14.5. The second-order valence-corrected chi connectivity index (χ2v) is 7.60. The molecule has 1 rings (SSSR count). The third kappa shape index (κ3) is 4.12. The van der Waals surface area contributed by atoms with Gasteiger partial charge < -0.3 is 0 Å². The molecule has 0 N–H and O–H groups in total. The fraction of sp³-hybridized carbons (Fsp3) is 0.700. The second kappa shape index (κ2) is 7.88. The summed E-state index contributed by atoms with van der Waals surface area (Å²) in [5, 5.41) is 0. The number of rotatable bonds is 8. The Bertz CT molecular complexity index is 489. The molecule has 0 saturated carbocycles. The van der Waals surface area contributed by atoms with E-state index in [2.05, 4.69) is 0 Å². The highest BCUT2D eigenvalue weighted by atomic mass is 19.2. The number of hydrogen-bond acceptors (Lipinski definition) is 0. The summed E-state index contributed by atoms with van der Waals surface area (Å²) >= 11 is 0. The van der Waals surface area contributed by atoms with Gasteiger partial charge >= 0.3 is 0 Å². The van der Waals surface area contributed by atoms with Gasteiger partial charge in [0.1, 0.15) is 0 Å². The van der Waals surface area contributed by atoms with Crippen molar-refractivity contribution in [2.45, 2.75) is 80.1 Å². The molecule has 0 heterocycles. The van der Waals surface area contributed by atoms with Crippen LogP contribution in [-0.2, 0) is 12.8 Å². The predicted molar refractivity (Wildman–Crippen MR) is 91.1 cm³/mol. The first-order valence-electron chi connectivity index (χ1n) is 8.91. The highest BCUT2D eigenvalue weighted by Crippen LogP contribution is 2.37. The van der Waals surface area contributed by atoms with Crippen LogP contribution in [0.1, 0.15) is 78.4 Å². The molecule has 0 bridgehead atoms. The molecule has 0 aliphatic carbocycles. The molecular weight excluding hydrogens is 316 g/mol. The highest BCUT2D eigenvalue weighted by molar-refractivity contribution is 5.31. The van der Waals surface area contributed by atoms with E-state index < -0.39 is 34.4 Å². The zero-order valence-electron chi connectivity index (χ0n) is 15.8. The Labute approximate surface area is 143 Å². The molecule has 4 heteroatoms. The molecule has 0 nitrogen and oxygen atoms in total. The first-order valence-corrected chi connectivity index (χ1v) is 8.91. The molecule has 0 amide bonds. The average Bonchev–Trinajstić information content (AvgIpc) is 2.60. The maximum absolute atomic E-state index is 14.5. The minimum atomic E-state index is -1.23. The number of benzene rings is 1. The lowest BCUT2D eigenvalue weighted by molar-refractivity contribution is 0.272. The first kappa shape index (κ1) is 21.0. The summed E-state index contributed by atoms with van der Waals surface area (Å²) in [6, 6.07) is 0. The molecule has 138 valence electrons. The van der Waals surface area contributed by atoms with Gasteiger partial charge in [0.25, 0.3) is 0 Å². The number of hydrogen-bond donors (Lipinski definition) is 0. The van der Waals surface area contributed by atoms with Crippen LogP contribution < -0.4 is 0 Å². The van der Waals surface area contributed by atoms with Crippen molar-refractivity contribution in [1.82, 2.24) is 0 Å². The zero-order valence-corrected chi connectivity index (χ0v) is 15.8. The van der Waals surface area contributed by atoms with Gasteiger partial charge in [-0.3, -0.25) is 0 Å². The highest BCUT2D eigenvalue weighted by Gasteiger charge is 2.32. The predicted octanol–water partition coefficient (Wildman–Crippen LogP) is 6.98. The Morgan fingerprint density at radius 2 is 0.750 bits per heavy atom. The van der Waals surface area contributed by atoms with Crippen molar-refractivity contribution in [2.75, 3.05) is 0 Å². The van der Waals surface area contributed by atoms with Gasteiger partial charge in [-0.2, -0.15) is 0 Å². The van der Waals surface area contributed by atoms with Gasteiger partial charge in [-0.25, -0.2) is 17.6 Å². The molecule has 0 atom stereocenters. The fourth-order valence-corrected chi connectivity index (χ4v) is 2.89. The SMILES string of the molecule is CCC(C)(CC)Cc1c(F)c(F)c(CC(C)(CC)CC)c(F)c1F. The van der Waals surface area contributed by atoms with Gasteiger partial charge in [0, 0.05) is 11.1 Å². The Balaban J connectivity index is 3.41. The van der Waals surface area contributed by atoms with Gasteiger partial charge in [-0.1, -0.05) is 67.2 Å². The van der Waals surface area contributed by atoms with Crippen LogP contribution in [0, 0.1) is 34.1 Å². The second-order valence-electron chi connectivity index (χ2n) is 7.60. The molecule has 1 aromatic rings. The summed E-state index contributed by atoms with van der Waals surface area (Å²) in [4.78, 5) is 0. The smallest absolute Gasteiger partial charge is 0.165 e. The van der Waals surface area contributed by atoms with Gasteiger partial charge in [-0.15, -0.1) is 0 Å². The van der Waals surface area contributed by atoms with Crippen molar-refractivity contribution in [1.29, 1.82) is 0 Å². The topological polar surface area (TPSA) is 0 Å². The third-order valence-electron chi connectivity index (χ3n) is 6.07. The summed E-state index contributed by atoms with van der Waals surface area (Å²) in [6.07, 6.45) is 2.69. The third-order valence-corrected chi connectivity index (χ3v) is 6.07.